The van der Waals surface area contributed by atoms with E-state index in [0.717, 1.165) is 17.0 Å². The van der Waals surface area contributed by atoms with Gasteiger partial charge in [0.2, 0.25) is 0 Å². The zero-order valence-corrected chi connectivity index (χ0v) is 10.3. The molecule has 2 aromatic rings. The van der Waals surface area contributed by atoms with E-state index in [4.69, 9.17) is 0 Å². The molecule has 0 aromatic carbocycles. The van der Waals surface area contributed by atoms with Gasteiger partial charge in [0.25, 0.3) is 0 Å². The largest absolute Gasteiger partial charge is 0.453 e. The smallest absolute Gasteiger partial charge is 0.407 e. The summed E-state index contributed by atoms with van der Waals surface area (Å²) in [6.07, 6.45) is 3.00. The average Bonchev–Trinajstić information content (AvgIpc) is 2.78. The van der Waals surface area contributed by atoms with E-state index >= 15 is 0 Å². The molecule has 0 unspecified atom stereocenters. The fourth-order valence-corrected chi connectivity index (χ4v) is 1.64. The third kappa shape index (κ3) is 2.65. The molecule has 6 heteroatoms. The van der Waals surface area contributed by atoms with Gasteiger partial charge in [-0.1, -0.05) is 0 Å². The van der Waals surface area contributed by atoms with Crippen LogP contribution in [0.15, 0.2) is 30.6 Å². The molecule has 0 saturated carbocycles. The van der Waals surface area contributed by atoms with Crippen molar-refractivity contribution in [1.82, 2.24) is 20.1 Å². The molecule has 2 heterocycles. The Kier molecular flexibility index (Phi) is 3.57. The Labute approximate surface area is 105 Å². The Hall–Kier alpha value is -2.37. The highest BCUT2D eigenvalue weighted by molar-refractivity contribution is 5.67. The van der Waals surface area contributed by atoms with E-state index in [1.807, 2.05) is 25.2 Å². The summed E-state index contributed by atoms with van der Waals surface area (Å²) in [5, 5.41) is 6.91. The van der Waals surface area contributed by atoms with Crippen LogP contribution in [0.4, 0.5) is 4.79 Å². The average molecular weight is 246 g/mol. The minimum Gasteiger partial charge on any atom is -0.453 e. The van der Waals surface area contributed by atoms with E-state index in [-0.39, 0.29) is 0 Å². The molecule has 0 bridgehead atoms. The van der Waals surface area contributed by atoms with Crippen LogP contribution in [0.1, 0.15) is 5.69 Å². The van der Waals surface area contributed by atoms with Crippen molar-refractivity contribution in [2.75, 3.05) is 7.11 Å². The standard InChI is InChI=1S/C12H14N4O2/c1-16-11(9-3-5-13-6-4-9)7-10(15-16)8-14-12(17)18-2/h3-7H,8H2,1-2H3,(H,14,17). The second kappa shape index (κ2) is 5.31. The van der Waals surface area contributed by atoms with Gasteiger partial charge in [-0.3, -0.25) is 9.67 Å². The Morgan fingerprint density at radius 3 is 2.83 bits per heavy atom. The van der Waals surface area contributed by atoms with Gasteiger partial charge in [0.1, 0.15) is 0 Å². The van der Waals surface area contributed by atoms with Gasteiger partial charge in [-0.2, -0.15) is 5.10 Å². The Morgan fingerprint density at radius 1 is 1.44 bits per heavy atom. The highest BCUT2D eigenvalue weighted by Gasteiger charge is 2.08. The molecular weight excluding hydrogens is 232 g/mol. The minimum absolute atomic E-state index is 0.339. The molecule has 1 amide bonds. The summed E-state index contributed by atoms with van der Waals surface area (Å²) in [6, 6.07) is 5.74. The molecule has 0 fully saturated rings. The normalized spacial score (nSPS) is 10.1. The zero-order valence-electron chi connectivity index (χ0n) is 10.3. The molecule has 0 aliphatic rings. The number of rotatable bonds is 3. The highest BCUT2D eigenvalue weighted by Crippen LogP contribution is 2.18. The van der Waals surface area contributed by atoms with E-state index in [1.54, 1.807) is 17.1 Å². The maximum atomic E-state index is 11.0. The van der Waals surface area contributed by atoms with Gasteiger partial charge in [0.05, 0.1) is 25.0 Å². The first-order valence-electron chi connectivity index (χ1n) is 5.46. The molecule has 0 aliphatic carbocycles. The van der Waals surface area contributed by atoms with Crippen molar-refractivity contribution in [1.29, 1.82) is 0 Å². The molecule has 0 aliphatic heterocycles. The van der Waals surface area contributed by atoms with Crippen molar-refractivity contribution in [3.05, 3.63) is 36.3 Å². The summed E-state index contributed by atoms with van der Waals surface area (Å²) in [6.45, 7) is 0.339. The number of amides is 1. The summed E-state index contributed by atoms with van der Waals surface area (Å²) in [5.41, 5.74) is 2.78. The van der Waals surface area contributed by atoms with Crippen molar-refractivity contribution < 1.29 is 9.53 Å². The Balaban J connectivity index is 2.15. The number of methoxy groups -OCH3 is 1. The molecule has 1 N–H and O–H groups in total. The van der Waals surface area contributed by atoms with E-state index in [9.17, 15) is 4.79 Å². The number of carbonyl (C=O) groups excluding carboxylic acids is 1. The quantitative estimate of drug-likeness (QED) is 0.887. The predicted octanol–water partition coefficient (Wildman–Crippen LogP) is 1.34. The predicted molar refractivity (Wildman–Crippen MR) is 65.7 cm³/mol. The summed E-state index contributed by atoms with van der Waals surface area (Å²) in [5.74, 6) is 0. The summed E-state index contributed by atoms with van der Waals surface area (Å²) in [7, 11) is 3.19. The van der Waals surface area contributed by atoms with E-state index in [0.29, 0.717) is 6.54 Å². The summed E-state index contributed by atoms with van der Waals surface area (Å²) < 4.78 is 6.27. The van der Waals surface area contributed by atoms with Crippen LogP contribution < -0.4 is 5.32 Å². The molecule has 0 spiro atoms. The highest BCUT2D eigenvalue weighted by atomic mass is 16.5. The number of ether oxygens (including phenoxy) is 1. The van der Waals surface area contributed by atoms with E-state index in [2.05, 4.69) is 20.1 Å². The van der Waals surface area contributed by atoms with Crippen LogP contribution in [-0.4, -0.2) is 28.0 Å². The molecule has 0 atom stereocenters. The Bertz CT molecular complexity index is 536. The number of hydrogen-bond acceptors (Lipinski definition) is 4. The minimum atomic E-state index is -0.467. The number of nitrogens with one attached hydrogen (secondary N) is 1. The van der Waals surface area contributed by atoms with Crippen molar-refractivity contribution in [3.8, 4) is 11.3 Å². The molecule has 94 valence electrons. The first kappa shape index (κ1) is 12.1. The van der Waals surface area contributed by atoms with Gasteiger partial charge in [-0.15, -0.1) is 0 Å². The number of carbonyl (C=O) groups is 1. The first-order valence-corrected chi connectivity index (χ1v) is 5.46. The second-order valence-corrected chi connectivity index (χ2v) is 3.73. The molecule has 18 heavy (non-hydrogen) atoms. The fraction of sp³-hybridized carbons (Fsp3) is 0.250. The topological polar surface area (TPSA) is 69.0 Å². The molecule has 2 aromatic heterocycles. The van der Waals surface area contributed by atoms with E-state index < -0.39 is 6.09 Å². The molecule has 0 radical (unpaired) electrons. The molecule has 2 rings (SSSR count). The van der Waals surface area contributed by atoms with Gasteiger partial charge in [-0.25, -0.2) is 4.79 Å². The van der Waals surface area contributed by atoms with Crippen LogP contribution in [0, 0.1) is 0 Å². The van der Waals surface area contributed by atoms with Crippen LogP contribution >= 0.6 is 0 Å². The lowest BCUT2D eigenvalue weighted by Gasteiger charge is -1.99. The number of pyridine rings is 1. The lowest BCUT2D eigenvalue weighted by Crippen LogP contribution is -2.22. The maximum Gasteiger partial charge on any atom is 0.407 e. The maximum absolute atomic E-state index is 11.0. The van der Waals surface area contributed by atoms with Crippen LogP contribution in [0.2, 0.25) is 0 Å². The number of nitrogens with zero attached hydrogens (tertiary/aromatic N) is 3. The number of aryl methyl sites for hydroxylation is 1. The molecule has 6 nitrogen and oxygen atoms in total. The third-order valence-corrected chi connectivity index (χ3v) is 2.51. The van der Waals surface area contributed by atoms with Gasteiger partial charge in [0, 0.05) is 25.0 Å². The zero-order chi connectivity index (χ0) is 13.0. The van der Waals surface area contributed by atoms with Crippen molar-refractivity contribution >= 4 is 6.09 Å². The monoisotopic (exact) mass is 246 g/mol. The van der Waals surface area contributed by atoms with Gasteiger partial charge >= 0.3 is 6.09 Å². The van der Waals surface area contributed by atoms with Crippen molar-refractivity contribution in [2.24, 2.45) is 7.05 Å². The van der Waals surface area contributed by atoms with Crippen LogP contribution in [0.3, 0.4) is 0 Å². The van der Waals surface area contributed by atoms with Crippen molar-refractivity contribution in [3.63, 3.8) is 0 Å². The third-order valence-electron chi connectivity index (χ3n) is 2.51. The summed E-state index contributed by atoms with van der Waals surface area (Å²) >= 11 is 0. The molecule has 0 saturated heterocycles. The number of hydrogen-bond donors (Lipinski definition) is 1. The van der Waals surface area contributed by atoms with Gasteiger partial charge in [-0.05, 0) is 18.2 Å². The lowest BCUT2D eigenvalue weighted by atomic mass is 10.2. The Morgan fingerprint density at radius 2 is 2.17 bits per heavy atom. The van der Waals surface area contributed by atoms with Crippen LogP contribution in [0.5, 0.6) is 0 Å². The van der Waals surface area contributed by atoms with Crippen LogP contribution in [-0.2, 0) is 18.3 Å². The number of aromatic nitrogens is 3. The second-order valence-electron chi connectivity index (χ2n) is 3.73. The van der Waals surface area contributed by atoms with Crippen LogP contribution in [0.25, 0.3) is 11.3 Å². The summed E-state index contributed by atoms with van der Waals surface area (Å²) in [4.78, 5) is 14.9. The first-order chi connectivity index (χ1) is 8.70. The van der Waals surface area contributed by atoms with E-state index in [1.165, 1.54) is 7.11 Å². The van der Waals surface area contributed by atoms with Crippen molar-refractivity contribution in [2.45, 2.75) is 6.54 Å². The molecular formula is C12H14N4O2. The SMILES string of the molecule is COC(=O)NCc1cc(-c2ccncc2)n(C)n1. The number of alkyl carbamates (subject to hydrolysis) is 1. The van der Waals surface area contributed by atoms with Gasteiger partial charge in [0.15, 0.2) is 0 Å². The fourth-order valence-electron chi connectivity index (χ4n) is 1.64. The van der Waals surface area contributed by atoms with Gasteiger partial charge < -0.3 is 10.1 Å². The lowest BCUT2D eigenvalue weighted by molar-refractivity contribution is 0.170.